The molecule has 0 radical (unpaired) electrons. The third kappa shape index (κ3) is 3.56. The predicted octanol–water partition coefficient (Wildman–Crippen LogP) is 3.28. The fourth-order valence-electron chi connectivity index (χ4n) is 4.06. The molecule has 0 unspecified atom stereocenters. The van der Waals surface area contributed by atoms with Crippen LogP contribution in [0.2, 0.25) is 0 Å². The Morgan fingerprint density at radius 2 is 1.80 bits per heavy atom. The molecular formula is C23H27N3O4. The number of carbonyl (C=O) groups excluding carboxylic acids is 1. The number of aryl methyl sites for hydroxylation is 2. The van der Waals surface area contributed by atoms with E-state index in [-0.39, 0.29) is 11.5 Å². The topological polar surface area (TPSA) is 67.9 Å². The monoisotopic (exact) mass is 409 g/mol. The molecule has 158 valence electrons. The molecule has 1 aliphatic heterocycles. The summed E-state index contributed by atoms with van der Waals surface area (Å²) in [5.41, 5.74) is 1.82. The van der Waals surface area contributed by atoms with Crippen molar-refractivity contribution in [2.45, 2.75) is 26.8 Å². The summed E-state index contributed by atoms with van der Waals surface area (Å²) in [5.74, 6) is 1.19. The Morgan fingerprint density at radius 1 is 1.10 bits per heavy atom. The summed E-state index contributed by atoms with van der Waals surface area (Å²) in [6.07, 6.45) is 2.58. The Balaban J connectivity index is 1.55. The summed E-state index contributed by atoms with van der Waals surface area (Å²) in [6, 6.07) is 9.71. The van der Waals surface area contributed by atoms with Gasteiger partial charge in [-0.2, -0.15) is 0 Å². The van der Waals surface area contributed by atoms with Gasteiger partial charge < -0.3 is 23.5 Å². The summed E-state index contributed by atoms with van der Waals surface area (Å²) < 4.78 is 12.6. The molecule has 0 N–H and O–H groups in total. The SMILES string of the molecule is CCCn1ccc2oc(C)c(C(=O)N3CCN(c4ccc(OC)cc4)CC3)c2c1=O. The van der Waals surface area contributed by atoms with Crippen molar-refractivity contribution in [3.63, 3.8) is 0 Å². The van der Waals surface area contributed by atoms with Gasteiger partial charge in [-0.15, -0.1) is 0 Å². The van der Waals surface area contributed by atoms with Crippen LogP contribution in [-0.2, 0) is 6.54 Å². The number of pyridine rings is 1. The molecule has 0 atom stereocenters. The van der Waals surface area contributed by atoms with Gasteiger partial charge in [0.25, 0.3) is 11.5 Å². The number of benzene rings is 1. The zero-order valence-electron chi connectivity index (χ0n) is 17.7. The lowest BCUT2D eigenvalue weighted by Gasteiger charge is -2.36. The number of carbonyl (C=O) groups is 1. The summed E-state index contributed by atoms with van der Waals surface area (Å²) in [5, 5.41) is 0.394. The number of hydrogen-bond donors (Lipinski definition) is 0. The van der Waals surface area contributed by atoms with E-state index in [0.717, 1.165) is 30.9 Å². The molecule has 1 saturated heterocycles. The Morgan fingerprint density at radius 3 is 2.43 bits per heavy atom. The van der Waals surface area contributed by atoms with Crippen molar-refractivity contribution in [2.75, 3.05) is 38.2 Å². The van der Waals surface area contributed by atoms with Gasteiger partial charge in [0.15, 0.2) is 0 Å². The Bertz CT molecular complexity index is 1110. The number of aromatic nitrogens is 1. The van der Waals surface area contributed by atoms with Gasteiger partial charge in [-0.05, 0) is 43.7 Å². The lowest BCUT2D eigenvalue weighted by atomic mass is 10.1. The Labute approximate surface area is 175 Å². The largest absolute Gasteiger partial charge is 0.497 e. The second-order valence-electron chi connectivity index (χ2n) is 7.56. The minimum atomic E-state index is -0.161. The highest BCUT2D eigenvalue weighted by Crippen LogP contribution is 2.26. The lowest BCUT2D eigenvalue weighted by molar-refractivity contribution is 0.0746. The van der Waals surface area contributed by atoms with Crippen LogP contribution in [0, 0.1) is 6.92 Å². The van der Waals surface area contributed by atoms with Gasteiger partial charge in [0.05, 0.1) is 18.1 Å². The molecule has 30 heavy (non-hydrogen) atoms. The van der Waals surface area contributed by atoms with Crippen molar-refractivity contribution in [1.29, 1.82) is 0 Å². The fourth-order valence-corrected chi connectivity index (χ4v) is 4.06. The molecule has 1 aromatic carbocycles. The first kappa shape index (κ1) is 20.1. The van der Waals surface area contributed by atoms with E-state index in [9.17, 15) is 9.59 Å². The van der Waals surface area contributed by atoms with Crippen LogP contribution in [-0.4, -0.2) is 48.7 Å². The minimum absolute atomic E-state index is 0.132. The van der Waals surface area contributed by atoms with E-state index in [0.29, 0.717) is 41.9 Å². The number of hydrogen-bond acceptors (Lipinski definition) is 5. The van der Waals surface area contributed by atoms with Gasteiger partial charge in [-0.3, -0.25) is 9.59 Å². The molecular weight excluding hydrogens is 382 g/mol. The standard InChI is InChI=1S/C23H27N3O4/c1-4-10-25-11-9-19-21(23(25)28)20(16(2)30-19)22(27)26-14-12-24(13-15-26)17-5-7-18(29-3)8-6-17/h5-9,11H,4,10,12-15H2,1-3H3. The molecule has 0 aliphatic carbocycles. The Kier molecular flexibility index (Phi) is 5.53. The molecule has 2 aromatic heterocycles. The average molecular weight is 409 g/mol. The first-order valence-corrected chi connectivity index (χ1v) is 10.3. The van der Waals surface area contributed by atoms with Crippen LogP contribution in [0.5, 0.6) is 5.75 Å². The van der Waals surface area contributed by atoms with E-state index in [1.54, 1.807) is 30.9 Å². The summed E-state index contributed by atoms with van der Waals surface area (Å²) in [7, 11) is 1.65. The van der Waals surface area contributed by atoms with E-state index in [2.05, 4.69) is 4.90 Å². The van der Waals surface area contributed by atoms with Crippen LogP contribution in [0.4, 0.5) is 5.69 Å². The number of nitrogens with zero attached hydrogens (tertiary/aromatic N) is 3. The molecule has 1 amide bonds. The third-order valence-corrected chi connectivity index (χ3v) is 5.67. The van der Waals surface area contributed by atoms with E-state index in [1.165, 1.54) is 0 Å². The molecule has 3 heterocycles. The predicted molar refractivity (Wildman–Crippen MR) is 117 cm³/mol. The number of rotatable bonds is 5. The molecule has 0 spiro atoms. The maximum atomic E-state index is 13.3. The van der Waals surface area contributed by atoms with Crippen molar-refractivity contribution in [3.8, 4) is 5.75 Å². The van der Waals surface area contributed by atoms with Crippen LogP contribution in [0.15, 0.2) is 45.7 Å². The maximum Gasteiger partial charge on any atom is 0.262 e. The Hall–Kier alpha value is -3.22. The van der Waals surface area contributed by atoms with Crippen LogP contribution < -0.4 is 15.2 Å². The number of amides is 1. The maximum absolute atomic E-state index is 13.3. The average Bonchev–Trinajstić information content (AvgIpc) is 3.12. The van der Waals surface area contributed by atoms with Crippen molar-refractivity contribution in [3.05, 3.63) is 58.2 Å². The minimum Gasteiger partial charge on any atom is -0.497 e. The van der Waals surface area contributed by atoms with Gasteiger partial charge in [0, 0.05) is 44.6 Å². The highest BCUT2D eigenvalue weighted by Gasteiger charge is 2.28. The van der Waals surface area contributed by atoms with Crippen molar-refractivity contribution < 1.29 is 13.9 Å². The molecule has 1 aliphatic rings. The quantitative estimate of drug-likeness (QED) is 0.647. The van der Waals surface area contributed by atoms with Gasteiger partial charge >= 0.3 is 0 Å². The number of ether oxygens (including phenoxy) is 1. The molecule has 0 bridgehead atoms. The highest BCUT2D eigenvalue weighted by molar-refractivity contribution is 6.07. The van der Waals surface area contributed by atoms with E-state index in [1.807, 2.05) is 36.1 Å². The molecule has 7 nitrogen and oxygen atoms in total. The van der Waals surface area contributed by atoms with Crippen LogP contribution in [0.25, 0.3) is 11.0 Å². The number of methoxy groups -OCH3 is 1. The first-order valence-electron chi connectivity index (χ1n) is 10.3. The molecule has 4 rings (SSSR count). The molecule has 1 fully saturated rings. The lowest BCUT2D eigenvalue weighted by Crippen LogP contribution is -2.49. The number of furan rings is 1. The van der Waals surface area contributed by atoms with Gasteiger partial charge in [0.1, 0.15) is 17.1 Å². The highest BCUT2D eigenvalue weighted by atomic mass is 16.5. The fraction of sp³-hybridized carbons (Fsp3) is 0.391. The number of fused-ring (bicyclic) bond motifs is 1. The van der Waals surface area contributed by atoms with Gasteiger partial charge in [-0.1, -0.05) is 6.92 Å². The van der Waals surface area contributed by atoms with E-state index < -0.39 is 0 Å². The van der Waals surface area contributed by atoms with E-state index >= 15 is 0 Å². The second kappa shape index (κ2) is 8.26. The van der Waals surface area contributed by atoms with Crippen molar-refractivity contribution >= 4 is 22.6 Å². The van der Waals surface area contributed by atoms with Crippen LogP contribution in [0.1, 0.15) is 29.5 Å². The molecule has 0 saturated carbocycles. The summed E-state index contributed by atoms with van der Waals surface area (Å²) >= 11 is 0. The summed E-state index contributed by atoms with van der Waals surface area (Å²) in [6.45, 7) is 7.03. The number of piperazine rings is 1. The molecule has 3 aromatic rings. The van der Waals surface area contributed by atoms with Crippen molar-refractivity contribution in [2.24, 2.45) is 0 Å². The van der Waals surface area contributed by atoms with Crippen LogP contribution in [0.3, 0.4) is 0 Å². The first-order chi connectivity index (χ1) is 14.5. The second-order valence-corrected chi connectivity index (χ2v) is 7.56. The van der Waals surface area contributed by atoms with Gasteiger partial charge in [-0.25, -0.2) is 0 Å². The van der Waals surface area contributed by atoms with Crippen molar-refractivity contribution in [1.82, 2.24) is 9.47 Å². The number of anilines is 1. The zero-order chi connectivity index (χ0) is 21.3. The summed E-state index contributed by atoms with van der Waals surface area (Å²) in [4.78, 5) is 30.3. The molecule has 7 heteroatoms. The zero-order valence-corrected chi connectivity index (χ0v) is 17.7. The van der Waals surface area contributed by atoms with Gasteiger partial charge in [0.2, 0.25) is 0 Å². The normalized spacial score (nSPS) is 14.4. The smallest absolute Gasteiger partial charge is 0.262 e. The van der Waals surface area contributed by atoms with E-state index in [4.69, 9.17) is 9.15 Å². The van der Waals surface area contributed by atoms with Crippen LogP contribution >= 0.6 is 0 Å². The third-order valence-electron chi connectivity index (χ3n) is 5.67.